The number of rotatable bonds is 7. The van der Waals surface area contributed by atoms with Gasteiger partial charge < -0.3 is 10.1 Å². The van der Waals surface area contributed by atoms with Gasteiger partial charge in [0.1, 0.15) is 17.5 Å². The first-order chi connectivity index (χ1) is 14.6. The van der Waals surface area contributed by atoms with Crippen LogP contribution in [0.3, 0.4) is 0 Å². The normalized spacial score (nSPS) is 12.1. The number of hydrogen-bond acceptors (Lipinski definition) is 4. The molecule has 0 heterocycles. The number of aryl methyl sites for hydroxylation is 2. The fourth-order valence-corrected chi connectivity index (χ4v) is 4.56. The van der Waals surface area contributed by atoms with E-state index in [9.17, 15) is 13.2 Å². The van der Waals surface area contributed by atoms with Gasteiger partial charge in [-0.25, -0.2) is 8.42 Å². The van der Waals surface area contributed by atoms with Gasteiger partial charge in [0.2, 0.25) is 15.9 Å². The Morgan fingerprint density at radius 2 is 1.45 bits per heavy atom. The van der Waals surface area contributed by atoms with Gasteiger partial charge in [0.05, 0.1) is 11.9 Å². The van der Waals surface area contributed by atoms with Gasteiger partial charge in [0, 0.05) is 5.69 Å². The standard InChI is InChI=1S/C24H26N2O4S/c1-17-14-18(2)16-20(15-17)25-24(27)19(3)26(31(4,28)29)21-10-12-23(13-11-21)30-22-8-6-5-7-9-22/h5-16,19H,1-4H3,(H,25,27)/t19-/m1/s1. The van der Waals surface area contributed by atoms with Crippen LogP contribution in [-0.2, 0) is 14.8 Å². The lowest BCUT2D eigenvalue weighted by Crippen LogP contribution is -2.45. The summed E-state index contributed by atoms with van der Waals surface area (Å²) < 4.78 is 31.9. The highest BCUT2D eigenvalue weighted by Crippen LogP contribution is 2.27. The number of ether oxygens (including phenoxy) is 1. The highest BCUT2D eigenvalue weighted by Gasteiger charge is 2.29. The minimum absolute atomic E-state index is 0.381. The summed E-state index contributed by atoms with van der Waals surface area (Å²) in [5.74, 6) is 0.826. The van der Waals surface area contributed by atoms with E-state index in [2.05, 4.69) is 5.32 Å². The van der Waals surface area contributed by atoms with Gasteiger partial charge in [0.15, 0.2) is 0 Å². The van der Waals surface area contributed by atoms with Crippen molar-refractivity contribution in [1.29, 1.82) is 0 Å². The number of hydrogen-bond donors (Lipinski definition) is 1. The Balaban J connectivity index is 1.81. The summed E-state index contributed by atoms with van der Waals surface area (Å²) in [6.45, 7) is 5.44. The Bertz CT molecular complexity index is 1140. The SMILES string of the molecule is Cc1cc(C)cc(NC(=O)[C@@H](C)N(c2ccc(Oc3ccccc3)cc2)S(C)(=O)=O)c1. The number of carbonyl (C=O) groups is 1. The van der Waals surface area contributed by atoms with E-state index >= 15 is 0 Å². The van der Waals surface area contributed by atoms with Crippen LogP contribution in [0.4, 0.5) is 11.4 Å². The molecule has 0 aliphatic rings. The molecule has 0 fully saturated rings. The zero-order chi connectivity index (χ0) is 22.6. The molecule has 3 rings (SSSR count). The van der Waals surface area contributed by atoms with Crippen molar-refractivity contribution >= 4 is 27.3 Å². The highest BCUT2D eigenvalue weighted by molar-refractivity contribution is 7.92. The molecule has 0 aliphatic carbocycles. The fourth-order valence-electron chi connectivity index (χ4n) is 3.39. The number of nitrogens with one attached hydrogen (secondary N) is 1. The Hall–Kier alpha value is -3.32. The summed E-state index contributed by atoms with van der Waals surface area (Å²) in [6.07, 6.45) is 1.09. The van der Waals surface area contributed by atoms with E-state index in [1.165, 1.54) is 0 Å². The first kappa shape index (κ1) is 22.4. The van der Waals surface area contributed by atoms with E-state index in [0.29, 0.717) is 22.9 Å². The summed E-state index contributed by atoms with van der Waals surface area (Å²) in [6, 6.07) is 20.6. The lowest BCUT2D eigenvalue weighted by molar-refractivity contribution is -0.116. The maximum atomic E-state index is 12.9. The van der Waals surface area contributed by atoms with Crippen molar-refractivity contribution < 1.29 is 17.9 Å². The van der Waals surface area contributed by atoms with Crippen molar-refractivity contribution in [1.82, 2.24) is 0 Å². The lowest BCUT2D eigenvalue weighted by atomic mass is 10.1. The number of para-hydroxylation sites is 1. The monoisotopic (exact) mass is 438 g/mol. The summed E-state index contributed by atoms with van der Waals surface area (Å²) in [4.78, 5) is 12.9. The van der Waals surface area contributed by atoms with Gasteiger partial charge in [-0.2, -0.15) is 0 Å². The average molecular weight is 439 g/mol. The molecule has 1 N–H and O–H groups in total. The molecule has 0 radical (unpaired) electrons. The Kier molecular flexibility index (Phi) is 6.65. The van der Waals surface area contributed by atoms with E-state index in [1.807, 2.05) is 62.4 Å². The number of benzene rings is 3. The average Bonchev–Trinajstić information content (AvgIpc) is 2.68. The first-order valence-electron chi connectivity index (χ1n) is 9.85. The number of sulfonamides is 1. The van der Waals surface area contributed by atoms with Crippen molar-refractivity contribution in [3.05, 3.63) is 83.9 Å². The van der Waals surface area contributed by atoms with Crippen LogP contribution in [0.2, 0.25) is 0 Å². The van der Waals surface area contributed by atoms with Crippen LogP contribution in [0.1, 0.15) is 18.1 Å². The summed E-state index contributed by atoms with van der Waals surface area (Å²) >= 11 is 0. The minimum atomic E-state index is -3.71. The van der Waals surface area contributed by atoms with Gasteiger partial charge in [-0.15, -0.1) is 0 Å². The van der Waals surface area contributed by atoms with Gasteiger partial charge >= 0.3 is 0 Å². The number of amides is 1. The second-order valence-corrected chi connectivity index (χ2v) is 9.37. The number of nitrogens with zero attached hydrogens (tertiary/aromatic N) is 1. The van der Waals surface area contributed by atoms with Crippen molar-refractivity contribution in [2.75, 3.05) is 15.9 Å². The summed E-state index contributed by atoms with van der Waals surface area (Å²) in [5, 5.41) is 2.82. The van der Waals surface area contributed by atoms with Crippen LogP contribution in [0.25, 0.3) is 0 Å². The van der Waals surface area contributed by atoms with E-state index in [0.717, 1.165) is 21.7 Å². The lowest BCUT2D eigenvalue weighted by Gasteiger charge is -2.28. The molecule has 0 aliphatic heterocycles. The smallest absolute Gasteiger partial charge is 0.247 e. The Labute approximate surface area is 183 Å². The number of anilines is 2. The quantitative estimate of drug-likeness (QED) is 0.570. The Morgan fingerprint density at radius 1 is 0.903 bits per heavy atom. The molecule has 0 bridgehead atoms. The second-order valence-electron chi connectivity index (χ2n) is 7.51. The minimum Gasteiger partial charge on any atom is -0.457 e. The molecule has 162 valence electrons. The van der Waals surface area contributed by atoms with Crippen molar-refractivity contribution in [2.45, 2.75) is 26.8 Å². The molecule has 3 aromatic carbocycles. The van der Waals surface area contributed by atoms with Crippen LogP contribution in [-0.4, -0.2) is 26.6 Å². The van der Waals surface area contributed by atoms with Crippen molar-refractivity contribution in [3.8, 4) is 11.5 Å². The molecule has 6 nitrogen and oxygen atoms in total. The topological polar surface area (TPSA) is 75.7 Å². The van der Waals surface area contributed by atoms with Crippen LogP contribution in [0, 0.1) is 13.8 Å². The zero-order valence-corrected chi connectivity index (χ0v) is 18.8. The molecule has 7 heteroatoms. The zero-order valence-electron chi connectivity index (χ0n) is 18.0. The number of carbonyl (C=O) groups excluding carboxylic acids is 1. The molecule has 3 aromatic rings. The molecule has 31 heavy (non-hydrogen) atoms. The molecule has 0 unspecified atom stereocenters. The molecule has 0 saturated carbocycles. The molecule has 0 saturated heterocycles. The predicted octanol–water partition coefficient (Wildman–Crippen LogP) is 4.89. The molecule has 0 aromatic heterocycles. The maximum absolute atomic E-state index is 12.9. The van der Waals surface area contributed by atoms with Gasteiger partial charge in [-0.1, -0.05) is 24.3 Å². The fraction of sp³-hybridized carbons (Fsp3) is 0.208. The van der Waals surface area contributed by atoms with Gasteiger partial charge in [-0.05, 0) is 80.4 Å². The molecule has 0 spiro atoms. The van der Waals surface area contributed by atoms with Crippen molar-refractivity contribution in [2.24, 2.45) is 0 Å². The van der Waals surface area contributed by atoms with E-state index in [4.69, 9.17) is 4.74 Å². The first-order valence-corrected chi connectivity index (χ1v) is 11.7. The molecular weight excluding hydrogens is 412 g/mol. The van der Waals surface area contributed by atoms with Gasteiger partial charge in [0.25, 0.3) is 0 Å². The van der Waals surface area contributed by atoms with Gasteiger partial charge in [-0.3, -0.25) is 9.10 Å². The summed E-state index contributed by atoms with van der Waals surface area (Å²) in [7, 11) is -3.71. The van der Waals surface area contributed by atoms with Crippen LogP contribution in [0.15, 0.2) is 72.8 Å². The van der Waals surface area contributed by atoms with Crippen LogP contribution in [0.5, 0.6) is 11.5 Å². The largest absolute Gasteiger partial charge is 0.457 e. The third-order valence-electron chi connectivity index (χ3n) is 4.65. The van der Waals surface area contributed by atoms with Crippen molar-refractivity contribution in [3.63, 3.8) is 0 Å². The van der Waals surface area contributed by atoms with E-state index in [-0.39, 0.29) is 0 Å². The highest BCUT2D eigenvalue weighted by atomic mass is 32.2. The van der Waals surface area contributed by atoms with E-state index in [1.54, 1.807) is 31.2 Å². The van der Waals surface area contributed by atoms with E-state index < -0.39 is 22.0 Å². The molecule has 1 amide bonds. The molecule has 1 atom stereocenters. The van der Waals surface area contributed by atoms with Crippen LogP contribution >= 0.6 is 0 Å². The molecular formula is C24H26N2O4S. The third kappa shape index (κ3) is 5.86. The van der Waals surface area contributed by atoms with Crippen LogP contribution < -0.4 is 14.4 Å². The Morgan fingerprint density at radius 3 is 2.00 bits per heavy atom. The predicted molar refractivity (Wildman–Crippen MR) is 124 cm³/mol. The summed E-state index contributed by atoms with van der Waals surface area (Å²) in [5.41, 5.74) is 3.04. The third-order valence-corrected chi connectivity index (χ3v) is 5.89. The second kappa shape index (κ2) is 9.22. The maximum Gasteiger partial charge on any atom is 0.247 e.